The van der Waals surface area contributed by atoms with Gasteiger partial charge in [-0.3, -0.25) is 18.9 Å². The molecule has 3 fully saturated rings. The number of hydrogen-bond donors (Lipinski definition) is 0. The quantitative estimate of drug-likeness (QED) is 0.335. The highest BCUT2D eigenvalue weighted by atomic mass is 32.2. The fraction of sp³-hybridized carbons (Fsp3) is 0.478. The van der Waals surface area contributed by atoms with Gasteiger partial charge in [0, 0.05) is 52.4 Å². The summed E-state index contributed by atoms with van der Waals surface area (Å²) in [6.07, 6.45) is 5.38. The summed E-state index contributed by atoms with van der Waals surface area (Å²) in [5.74, 6) is -0.165. The lowest BCUT2D eigenvalue weighted by Crippen LogP contribution is -2.46. The third-order valence-corrected chi connectivity index (χ3v) is 7.64. The van der Waals surface area contributed by atoms with Gasteiger partial charge in [-0.2, -0.15) is 0 Å². The van der Waals surface area contributed by atoms with Crippen LogP contribution in [0.4, 0.5) is 5.82 Å². The van der Waals surface area contributed by atoms with E-state index < -0.39 is 5.79 Å². The molecular weight excluding hydrogens is 476 g/mol. The second-order valence-electron chi connectivity index (χ2n) is 8.36. The largest absolute Gasteiger partial charge is 0.385 e. The van der Waals surface area contributed by atoms with Gasteiger partial charge in [-0.05, 0) is 24.6 Å². The number of thioether (sulfide) groups is 1. The highest BCUT2D eigenvalue weighted by Crippen LogP contribution is 2.36. The van der Waals surface area contributed by atoms with E-state index in [1.807, 2.05) is 6.07 Å². The maximum Gasteiger partial charge on any atom is 0.267 e. The molecule has 3 saturated heterocycles. The van der Waals surface area contributed by atoms with Gasteiger partial charge in [-0.15, -0.1) is 0 Å². The maximum absolute atomic E-state index is 13.5. The first-order valence-electron chi connectivity index (χ1n) is 11.3. The lowest BCUT2D eigenvalue weighted by Gasteiger charge is -2.38. The highest BCUT2D eigenvalue weighted by Gasteiger charge is 2.41. The topological polar surface area (TPSA) is 85.6 Å². The van der Waals surface area contributed by atoms with Crippen molar-refractivity contribution in [2.45, 2.75) is 25.0 Å². The van der Waals surface area contributed by atoms with Crippen LogP contribution in [0.15, 0.2) is 34.1 Å². The number of aromatic nitrogens is 2. The molecule has 180 valence electrons. The van der Waals surface area contributed by atoms with Crippen LogP contribution in [0.5, 0.6) is 0 Å². The molecule has 3 aliphatic heterocycles. The van der Waals surface area contributed by atoms with Crippen LogP contribution in [0.2, 0.25) is 0 Å². The number of methoxy groups -OCH3 is 1. The number of thiocarbonyl (C=S) groups is 1. The van der Waals surface area contributed by atoms with Crippen LogP contribution < -0.4 is 10.5 Å². The van der Waals surface area contributed by atoms with Gasteiger partial charge in [-0.25, -0.2) is 4.98 Å². The van der Waals surface area contributed by atoms with Crippen LogP contribution in [0, 0.1) is 0 Å². The number of piperidine rings is 1. The van der Waals surface area contributed by atoms with E-state index in [9.17, 15) is 9.59 Å². The van der Waals surface area contributed by atoms with Crippen molar-refractivity contribution in [3.8, 4) is 0 Å². The van der Waals surface area contributed by atoms with E-state index in [2.05, 4.69) is 4.90 Å². The average Bonchev–Trinajstić information content (AvgIpc) is 3.41. The predicted molar refractivity (Wildman–Crippen MR) is 134 cm³/mol. The maximum atomic E-state index is 13.5. The molecule has 1 spiro atoms. The molecule has 0 saturated carbocycles. The van der Waals surface area contributed by atoms with Gasteiger partial charge in [0.25, 0.3) is 11.5 Å². The summed E-state index contributed by atoms with van der Waals surface area (Å²) < 4.78 is 18.8. The summed E-state index contributed by atoms with van der Waals surface area (Å²) in [7, 11) is 1.62. The number of amides is 1. The van der Waals surface area contributed by atoms with E-state index in [0.29, 0.717) is 85.0 Å². The van der Waals surface area contributed by atoms with Gasteiger partial charge in [0.05, 0.1) is 23.7 Å². The van der Waals surface area contributed by atoms with Crippen LogP contribution in [0.3, 0.4) is 0 Å². The van der Waals surface area contributed by atoms with Crippen LogP contribution in [-0.4, -0.2) is 76.9 Å². The number of nitrogens with zero attached hydrogens (tertiary/aromatic N) is 4. The number of hydrogen-bond acceptors (Lipinski definition) is 9. The first-order valence-corrected chi connectivity index (χ1v) is 12.5. The molecule has 0 radical (unpaired) electrons. The van der Waals surface area contributed by atoms with E-state index in [4.69, 9.17) is 31.4 Å². The monoisotopic (exact) mass is 502 g/mol. The molecule has 34 heavy (non-hydrogen) atoms. The SMILES string of the molecule is COCCCN1C(=O)/C(=C\c2c(N3CCC4(CC3)OCCO4)nc3ccccn3c2=O)SC1=S. The molecule has 0 bridgehead atoms. The summed E-state index contributed by atoms with van der Waals surface area (Å²) in [5, 5.41) is 0. The number of ether oxygens (including phenoxy) is 3. The molecule has 11 heteroatoms. The minimum Gasteiger partial charge on any atom is -0.385 e. The minimum absolute atomic E-state index is 0.194. The Morgan fingerprint density at radius 1 is 1.24 bits per heavy atom. The van der Waals surface area contributed by atoms with Crippen LogP contribution in [0.25, 0.3) is 11.7 Å². The summed E-state index contributed by atoms with van der Waals surface area (Å²) in [6, 6.07) is 5.44. The van der Waals surface area contributed by atoms with E-state index in [1.54, 1.807) is 36.4 Å². The molecule has 5 rings (SSSR count). The Hall–Kier alpha value is -2.31. The number of carbonyl (C=O) groups is 1. The van der Waals surface area contributed by atoms with Gasteiger partial charge < -0.3 is 19.1 Å². The minimum atomic E-state index is -0.535. The van der Waals surface area contributed by atoms with Crippen LogP contribution >= 0.6 is 24.0 Å². The molecule has 1 amide bonds. The first kappa shape index (κ1) is 23.4. The normalized spacial score (nSPS) is 21.5. The zero-order chi connectivity index (χ0) is 23.7. The zero-order valence-corrected chi connectivity index (χ0v) is 20.5. The van der Waals surface area contributed by atoms with Crippen molar-refractivity contribution in [2.75, 3.05) is 51.5 Å². The van der Waals surface area contributed by atoms with Gasteiger partial charge >= 0.3 is 0 Å². The Balaban J connectivity index is 1.50. The van der Waals surface area contributed by atoms with E-state index >= 15 is 0 Å². The summed E-state index contributed by atoms with van der Waals surface area (Å²) >= 11 is 6.65. The van der Waals surface area contributed by atoms with Gasteiger partial charge in [0.15, 0.2) is 5.79 Å². The Morgan fingerprint density at radius 3 is 2.74 bits per heavy atom. The lowest BCUT2D eigenvalue weighted by molar-refractivity contribution is -0.169. The third kappa shape index (κ3) is 4.38. The van der Waals surface area contributed by atoms with E-state index in [-0.39, 0.29) is 11.5 Å². The molecule has 2 aromatic rings. The van der Waals surface area contributed by atoms with E-state index in [1.165, 1.54) is 16.2 Å². The fourth-order valence-corrected chi connectivity index (χ4v) is 5.78. The van der Waals surface area contributed by atoms with Crippen LogP contribution in [0.1, 0.15) is 24.8 Å². The van der Waals surface area contributed by atoms with Gasteiger partial charge in [-0.1, -0.05) is 30.0 Å². The van der Waals surface area contributed by atoms with Crippen molar-refractivity contribution < 1.29 is 19.0 Å². The second kappa shape index (κ2) is 9.74. The van der Waals surface area contributed by atoms with Crippen molar-refractivity contribution >= 4 is 51.7 Å². The van der Waals surface area contributed by atoms with Crippen molar-refractivity contribution in [3.05, 3.63) is 45.2 Å². The zero-order valence-electron chi connectivity index (χ0n) is 18.9. The molecule has 5 heterocycles. The van der Waals surface area contributed by atoms with Crippen molar-refractivity contribution in [1.29, 1.82) is 0 Å². The standard InChI is InChI=1S/C23H26N4O5S2/c1-30-12-4-9-27-21(29)17(34-22(27)33)15-16-19(24-18-5-2-3-8-26(18)20(16)28)25-10-6-23(7-11-25)31-13-14-32-23/h2-3,5,8,15H,4,6-7,9-14H2,1H3/b17-15+. The van der Waals surface area contributed by atoms with Crippen molar-refractivity contribution in [3.63, 3.8) is 0 Å². The molecule has 9 nitrogen and oxygen atoms in total. The smallest absolute Gasteiger partial charge is 0.267 e. The lowest BCUT2D eigenvalue weighted by atomic mass is 10.0. The molecule has 0 N–H and O–H groups in total. The first-order chi connectivity index (χ1) is 16.5. The van der Waals surface area contributed by atoms with Gasteiger partial charge in [0.2, 0.25) is 0 Å². The van der Waals surface area contributed by atoms with Gasteiger partial charge in [0.1, 0.15) is 15.8 Å². The number of rotatable bonds is 6. The molecule has 2 aromatic heterocycles. The number of anilines is 1. The molecule has 0 aromatic carbocycles. The molecular formula is C23H26N4O5S2. The average molecular weight is 503 g/mol. The fourth-order valence-electron chi connectivity index (χ4n) is 4.49. The predicted octanol–water partition coefficient (Wildman–Crippen LogP) is 2.28. The highest BCUT2D eigenvalue weighted by molar-refractivity contribution is 8.26. The number of fused-ring (bicyclic) bond motifs is 1. The number of pyridine rings is 1. The van der Waals surface area contributed by atoms with Crippen LogP contribution in [-0.2, 0) is 19.0 Å². The summed E-state index contributed by atoms with van der Waals surface area (Å²) in [6.45, 7) is 3.49. The summed E-state index contributed by atoms with van der Waals surface area (Å²) in [5.41, 5.74) is 0.713. The molecule has 0 unspecified atom stereocenters. The Morgan fingerprint density at radius 2 is 2.00 bits per heavy atom. The van der Waals surface area contributed by atoms with E-state index in [0.717, 1.165) is 0 Å². The van der Waals surface area contributed by atoms with Crippen molar-refractivity contribution in [2.24, 2.45) is 0 Å². The molecule has 0 atom stereocenters. The molecule has 0 aliphatic carbocycles. The summed E-state index contributed by atoms with van der Waals surface area (Å²) in [4.78, 5) is 35.5. The Bertz CT molecular complexity index is 1200. The third-order valence-electron chi connectivity index (χ3n) is 6.27. The second-order valence-corrected chi connectivity index (χ2v) is 10.0. The Kier molecular flexibility index (Phi) is 6.72. The molecule has 3 aliphatic rings. The van der Waals surface area contributed by atoms with Crippen molar-refractivity contribution in [1.82, 2.24) is 14.3 Å². The number of carbonyl (C=O) groups excluding carboxylic acids is 1. The Labute approximate surface area is 206 Å².